The van der Waals surface area contributed by atoms with Crippen molar-refractivity contribution < 1.29 is 24.0 Å². The lowest BCUT2D eigenvalue weighted by atomic mass is 9.94. The fourth-order valence-corrected chi connectivity index (χ4v) is 4.41. The molecule has 1 N–H and O–H groups in total. The number of likely N-dealkylation sites (N-methyl/N-ethyl adjacent to an activating group) is 1. The largest absolute Gasteiger partial charge is 0.350 e. The number of imide groups is 2. The Morgan fingerprint density at radius 2 is 1.90 bits per heavy atom. The summed E-state index contributed by atoms with van der Waals surface area (Å²) in [7, 11) is 0. The Labute approximate surface area is 179 Å². The van der Waals surface area contributed by atoms with E-state index in [2.05, 4.69) is 5.32 Å². The second-order valence-electron chi connectivity index (χ2n) is 7.40. The van der Waals surface area contributed by atoms with Crippen molar-refractivity contribution in [1.29, 1.82) is 0 Å². The Kier molecular flexibility index (Phi) is 7.20. The Morgan fingerprint density at radius 3 is 2.53 bits per heavy atom. The number of nitrogens with one attached hydrogen (secondary N) is 1. The molecule has 1 aromatic heterocycles. The number of nitrogens with zero attached hydrogens (tertiary/aromatic N) is 3. The van der Waals surface area contributed by atoms with Gasteiger partial charge in [0.2, 0.25) is 11.8 Å². The van der Waals surface area contributed by atoms with E-state index >= 15 is 0 Å². The fraction of sp³-hybridized carbons (Fsp3) is 0.550. The molecule has 0 aromatic carbocycles. The van der Waals surface area contributed by atoms with Gasteiger partial charge in [-0.3, -0.25) is 24.1 Å². The van der Waals surface area contributed by atoms with Crippen molar-refractivity contribution in [3.63, 3.8) is 0 Å². The third-order valence-electron chi connectivity index (χ3n) is 5.43. The highest BCUT2D eigenvalue weighted by Gasteiger charge is 2.48. The molecule has 0 atom stereocenters. The molecule has 30 heavy (non-hydrogen) atoms. The maximum Gasteiger partial charge on any atom is 0.334 e. The van der Waals surface area contributed by atoms with Gasteiger partial charge in [0.25, 0.3) is 0 Å². The minimum Gasteiger partial charge on any atom is -0.350 e. The highest BCUT2D eigenvalue weighted by atomic mass is 32.1. The van der Waals surface area contributed by atoms with Gasteiger partial charge in [-0.15, -0.1) is 11.3 Å². The second-order valence-corrected chi connectivity index (χ2v) is 8.44. The number of thiophene rings is 1. The predicted molar refractivity (Wildman–Crippen MR) is 109 cm³/mol. The molecule has 1 saturated carbocycles. The van der Waals surface area contributed by atoms with Crippen LogP contribution in [0.3, 0.4) is 0 Å². The van der Waals surface area contributed by atoms with E-state index in [9.17, 15) is 24.0 Å². The number of urea groups is 1. The summed E-state index contributed by atoms with van der Waals surface area (Å²) in [5.41, 5.74) is 0. The third-order valence-corrected chi connectivity index (χ3v) is 6.30. The van der Waals surface area contributed by atoms with Crippen LogP contribution in [-0.4, -0.2) is 70.0 Å². The average Bonchev–Trinajstić information content (AvgIpc) is 3.34. The smallest absolute Gasteiger partial charge is 0.334 e. The van der Waals surface area contributed by atoms with Crippen LogP contribution in [0.4, 0.5) is 4.79 Å². The van der Waals surface area contributed by atoms with Crippen LogP contribution in [0.1, 0.15) is 43.9 Å². The van der Waals surface area contributed by atoms with Crippen LogP contribution >= 0.6 is 11.3 Å². The van der Waals surface area contributed by atoms with Crippen molar-refractivity contribution in [3.05, 3.63) is 22.4 Å². The summed E-state index contributed by atoms with van der Waals surface area (Å²) < 4.78 is 0. The second kappa shape index (κ2) is 9.84. The molecule has 3 rings (SSSR count). The van der Waals surface area contributed by atoms with Crippen molar-refractivity contribution in [3.8, 4) is 0 Å². The van der Waals surface area contributed by atoms with Crippen LogP contribution in [0.15, 0.2) is 17.5 Å². The molecule has 2 fully saturated rings. The van der Waals surface area contributed by atoms with E-state index < -0.39 is 30.3 Å². The molecule has 2 heterocycles. The van der Waals surface area contributed by atoms with Crippen molar-refractivity contribution >= 4 is 41.0 Å². The van der Waals surface area contributed by atoms with E-state index in [0.29, 0.717) is 24.3 Å². The summed E-state index contributed by atoms with van der Waals surface area (Å²) in [6.45, 7) is 1.59. The Bertz CT molecular complexity index is 819. The molecule has 1 saturated heterocycles. The zero-order chi connectivity index (χ0) is 21.7. The highest BCUT2D eigenvalue weighted by Crippen LogP contribution is 2.26. The molecular weight excluding hydrogens is 408 g/mol. The molecule has 0 spiro atoms. The average molecular weight is 435 g/mol. The van der Waals surface area contributed by atoms with Gasteiger partial charge >= 0.3 is 17.8 Å². The van der Waals surface area contributed by atoms with Crippen molar-refractivity contribution in [2.45, 2.75) is 51.6 Å². The maximum atomic E-state index is 12.7. The first-order valence-electron chi connectivity index (χ1n) is 10.2. The maximum absolute atomic E-state index is 12.7. The van der Waals surface area contributed by atoms with Gasteiger partial charge in [-0.1, -0.05) is 25.3 Å². The highest BCUT2D eigenvalue weighted by molar-refractivity contribution is 7.09. The summed E-state index contributed by atoms with van der Waals surface area (Å²) in [6, 6.07) is 2.76. The van der Waals surface area contributed by atoms with E-state index in [1.807, 2.05) is 17.5 Å². The Morgan fingerprint density at radius 1 is 1.17 bits per heavy atom. The number of rotatable bonds is 8. The van der Waals surface area contributed by atoms with Gasteiger partial charge in [-0.05, 0) is 31.2 Å². The normalized spacial score (nSPS) is 17.6. The fourth-order valence-electron chi connectivity index (χ4n) is 3.76. The zero-order valence-electron chi connectivity index (χ0n) is 17.0. The third kappa shape index (κ3) is 4.86. The van der Waals surface area contributed by atoms with Crippen LogP contribution in [0.2, 0.25) is 0 Å². The van der Waals surface area contributed by atoms with Crippen LogP contribution in [0, 0.1) is 0 Å². The summed E-state index contributed by atoms with van der Waals surface area (Å²) >= 11 is 1.52. The molecule has 1 aliphatic heterocycles. The van der Waals surface area contributed by atoms with Crippen LogP contribution in [0.25, 0.3) is 0 Å². The molecule has 6 amide bonds. The lowest BCUT2D eigenvalue weighted by molar-refractivity contribution is -0.146. The van der Waals surface area contributed by atoms with E-state index in [4.69, 9.17) is 0 Å². The molecule has 0 unspecified atom stereocenters. The number of amides is 6. The van der Waals surface area contributed by atoms with E-state index in [-0.39, 0.29) is 25.0 Å². The van der Waals surface area contributed by atoms with Crippen molar-refractivity contribution in [2.24, 2.45) is 0 Å². The predicted octanol–water partition coefficient (Wildman–Crippen LogP) is 1.34. The summed E-state index contributed by atoms with van der Waals surface area (Å²) in [4.78, 5) is 66.2. The molecule has 1 aliphatic carbocycles. The van der Waals surface area contributed by atoms with Gasteiger partial charge in [-0.25, -0.2) is 9.69 Å². The summed E-state index contributed by atoms with van der Waals surface area (Å²) in [5.74, 6) is -2.73. The van der Waals surface area contributed by atoms with Crippen LogP contribution in [-0.2, 0) is 25.7 Å². The van der Waals surface area contributed by atoms with Crippen molar-refractivity contribution in [2.75, 3.05) is 19.6 Å². The Balaban J connectivity index is 1.57. The van der Waals surface area contributed by atoms with Gasteiger partial charge in [0.05, 0.1) is 13.1 Å². The topological polar surface area (TPSA) is 107 Å². The standard InChI is InChI=1S/C20H26N4O5S/c1-2-22(12-16(25)21-11-15-9-6-10-30-15)17(26)13-23-18(27)19(28)24(20(23)29)14-7-4-3-5-8-14/h6,9-10,14H,2-5,7-8,11-13H2,1H3,(H,21,25). The number of carbonyl (C=O) groups excluding carboxylic acids is 5. The molecule has 0 bridgehead atoms. The SMILES string of the molecule is CCN(CC(=O)NCc1cccs1)C(=O)CN1C(=O)C(=O)N(C2CCCCC2)C1=O. The first-order chi connectivity index (χ1) is 14.4. The molecule has 162 valence electrons. The minimum absolute atomic E-state index is 0.183. The molecule has 2 aliphatic rings. The van der Waals surface area contributed by atoms with Gasteiger partial charge in [0.1, 0.15) is 6.54 Å². The summed E-state index contributed by atoms with van der Waals surface area (Å²) in [6.07, 6.45) is 4.21. The monoisotopic (exact) mass is 434 g/mol. The molecule has 9 nitrogen and oxygen atoms in total. The lowest BCUT2D eigenvalue weighted by Crippen LogP contribution is -2.47. The first kappa shape index (κ1) is 21.9. The minimum atomic E-state index is -0.975. The quantitative estimate of drug-likeness (QED) is 0.491. The molecule has 1 aromatic rings. The van der Waals surface area contributed by atoms with E-state index in [1.54, 1.807) is 6.92 Å². The van der Waals surface area contributed by atoms with E-state index in [1.165, 1.54) is 16.2 Å². The van der Waals surface area contributed by atoms with Crippen LogP contribution < -0.4 is 5.32 Å². The zero-order valence-corrected chi connectivity index (χ0v) is 17.8. The van der Waals surface area contributed by atoms with Crippen LogP contribution in [0.5, 0.6) is 0 Å². The Hall–Kier alpha value is -2.75. The summed E-state index contributed by atoms with van der Waals surface area (Å²) in [5, 5.41) is 4.65. The van der Waals surface area contributed by atoms with Crippen molar-refractivity contribution in [1.82, 2.24) is 20.0 Å². The first-order valence-corrected chi connectivity index (χ1v) is 11.1. The van der Waals surface area contributed by atoms with E-state index in [0.717, 1.165) is 29.0 Å². The number of carbonyl (C=O) groups is 5. The van der Waals surface area contributed by atoms with Gasteiger partial charge in [0.15, 0.2) is 0 Å². The van der Waals surface area contributed by atoms with Gasteiger partial charge in [-0.2, -0.15) is 0 Å². The molecule has 0 radical (unpaired) electrons. The number of hydrogen-bond acceptors (Lipinski definition) is 6. The molecular formula is C20H26N4O5S. The molecule has 10 heteroatoms. The van der Waals surface area contributed by atoms with Gasteiger partial charge < -0.3 is 10.2 Å². The van der Waals surface area contributed by atoms with Gasteiger partial charge in [0, 0.05) is 17.5 Å². The lowest BCUT2D eigenvalue weighted by Gasteiger charge is -2.28. The number of hydrogen-bond donors (Lipinski definition) is 1.